The third kappa shape index (κ3) is 4.13. The van der Waals surface area contributed by atoms with Crippen LogP contribution in [0.3, 0.4) is 0 Å². The van der Waals surface area contributed by atoms with Gasteiger partial charge in [0.15, 0.2) is 11.5 Å². The predicted octanol–water partition coefficient (Wildman–Crippen LogP) is 2.75. The monoisotopic (exact) mass is 371 g/mol. The highest BCUT2D eigenvalue weighted by Gasteiger charge is 2.18. The Kier molecular flexibility index (Phi) is 5.49. The number of aryl methyl sites for hydroxylation is 1. The molecule has 2 aromatic rings. The summed E-state index contributed by atoms with van der Waals surface area (Å²) in [6.45, 7) is 0. The van der Waals surface area contributed by atoms with E-state index in [-0.39, 0.29) is 12.3 Å². The lowest BCUT2D eigenvalue weighted by molar-refractivity contribution is -0.133. The van der Waals surface area contributed by atoms with E-state index in [1.54, 1.807) is 30.3 Å². The number of hydrogen-bond acceptors (Lipinski definition) is 6. The Hall–Kier alpha value is -3.22. The van der Waals surface area contributed by atoms with Crippen LogP contribution in [0.2, 0.25) is 0 Å². The van der Waals surface area contributed by atoms with Gasteiger partial charge in [-0.2, -0.15) is 0 Å². The Morgan fingerprint density at radius 2 is 1.70 bits per heavy atom. The number of carbonyl (C=O) groups is 2. The number of nitrogens with one attached hydrogen (secondary N) is 1. The summed E-state index contributed by atoms with van der Waals surface area (Å²) in [6, 6.07) is 8.61. The fraction of sp³-hybridized carbons (Fsp3) is 0.300. The fourth-order valence-corrected chi connectivity index (χ4v) is 2.99. The molecule has 0 unspecified atom stereocenters. The van der Waals surface area contributed by atoms with Crippen molar-refractivity contribution >= 4 is 17.6 Å². The molecule has 7 nitrogen and oxygen atoms in total. The highest BCUT2D eigenvalue weighted by molar-refractivity contribution is 5.94. The molecule has 0 spiro atoms. The van der Waals surface area contributed by atoms with Crippen molar-refractivity contribution in [2.24, 2.45) is 0 Å². The van der Waals surface area contributed by atoms with Gasteiger partial charge in [-0.1, -0.05) is 0 Å². The average Bonchev–Trinajstić information content (AvgIpc) is 2.67. The maximum absolute atomic E-state index is 12.4. The van der Waals surface area contributed by atoms with Gasteiger partial charge in [-0.15, -0.1) is 0 Å². The second-order valence-corrected chi connectivity index (χ2v) is 6.05. The minimum Gasteiger partial charge on any atom is -0.493 e. The molecule has 2 aromatic carbocycles. The van der Waals surface area contributed by atoms with Crippen LogP contribution in [0.15, 0.2) is 30.3 Å². The van der Waals surface area contributed by atoms with Gasteiger partial charge in [-0.25, -0.2) is 0 Å². The molecule has 0 fully saturated rings. The van der Waals surface area contributed by atoms with Crippen LogP contribution in [-0.2, 0) is 22.4 Å². The molecule has 0 saturated heterocycles. The van der Waals surface area contributed by atoms with Crippen LogP contribution in [0.5, 0.6) is 23.0 Å². The molecule has 3 rings (SSSR count). The van der Waals surface area contributed by atoms with Gasteiger partial charge in [0.25, 0.3) is 0 Å². The van der Waals surface area contributed by atoms with Gasteiger partial charge < -0.3 is 24.3 Å². The van der Waals surface area contributed by atoms with Crippen LogP contribution < -0.4 is 24.3 Å². The van der Waals surface area contributed by atoms with Gasteiger partial charge in [0.05, 0.1) is 27.8 Å². The largest absolute Gasteiger partial charge is 0.493 e. The Bertz CT molecular complexity index is 852. The summed E-state index contributed by atoms with van der Waals surface area (Å²) in [5.74, 6) is 1.45. The standard InChI is InChI=1S/C20H21NO6/c1-24-16-8-12(9-17(25-2)20(16)26-3)10-19(23)27-14-5-6-15-13(11-14)4-7-18(22)21-15/h5-6,8-9,11H,4,7,10H2,1-3H3,(H,21,22). The van der Waals surface area contributed by atoms with Gasteiger partial charge >= 0.3 is 5.97 Å². The minimum atomic E-state index is -0.413. The number of benzene rings is 2. The molecule has 0 aliphatic carbocycles. The van der Waals surface area contributed by atoms with Crippen molar-refractivity contribution in [1.82, 2.24) is 0 Å². The zero-order chi connectivity index (χ0) is 19.4. The SMILES string of the molecule is COc1cc(CC(=O)Oc2ccc3c(c2)CCC(=O)N3)cc(OC)c1OC. The van der Waals surface area contributed by atoms with E-state index in [0.29, 0.717) is 41.4 Å². The second kappa shape index (κ2) is 7.99. The number of fused-ring (bicyclic) bond motifs is 1. The quantitative estimate of drug-likeness (QED) is 0.621. The van der Waals surface area contributed by atoms with Crippen LogP contribution in [-0.4, -0.2) is 33.2 Å². The van der Waals surface area contributed by atoms with Crippen molar-refractivity contribution < 1.29 is 28.5 Å². The molecule has 0 bridgehead atoms. The molecule has 0 atom stereocenters. The molecule has 0 saturated carbocycles. The van der Waals surface area contributed by atoms with Gasteiger partial charge in [-0.05, 0) is 47.9 Å². The lowest BCUT2D eigenvalue weighted by atomic mass is 10.0. The maximum Gasteiger partial charge on any atom is 0.315 e. The lowest BCUT2D eigenvalue weighted by Gasteiger charge is -2.17. The van der Waals surface area contributed by atoms with Gasteiger partial charge in [0.2, 0.25) is 11.7 Å². The van der Waals surface area contributed by atoms with E-state index in [4.69, 9.17) is 18.9 Å². The molecular weight excluding hydrogens is 350 g/mol. The number of hydrogen-bond donors (Lipinski definition) is 1. The Morgan fingerprint density at radius 1 is 1.00 bits per heavy atom. The number of anilines is 1. The molecule has 0 aromatic heterocycles. The maximum atomic E-state index is 12.4. The van der Waals surface area contributed by atoms with Crippen LogP contribution in [0, 0.1) is 0 Å². The van der Waals surface area contributed by atoms with Crippen molar-refractivity contribution in [3.63, 3.8) is 0 Å². The molecule has 1 N–H and O–H groups in total. The molecule has 1 aliphatic rings. The first kappa shape index (κ1) is 18.6. The Morgan fingerprint density at radius 3 is 2.33 bits per heavy atom. The minimum absolute atomic E-state index is 0.00496. The summed E-state index contributed by atoms with van der Waals surface area (Å²) in [7, 11) is 4.56. The molecule has 0 radical (unpaired) electrons. The fourth-order valence-electron chi connectivity index (χ4n) is 2.99. The number of carbonyl (C=O) groups excluding carboxylic acids is 2. The van der Waals surface area contributed by atoms with Crippen molar-refractivity contribution in [3.8, 4) is 23.0 Å². The Labute approximate surface area is 157 Å². The number of rotatable bonds is 6. The van der Waals surface area contributed by atoms with Crippen LogP contribution in [0.25, 0.3) is 0 Å². The highest BCUT2D eigenvalue weighted by atomic mass is 16.5. The highest BCUT2D eigenvalue weighted by Crippen LogP contribution is 2.38. The van der Waals surface area contributed by atoms with Crippen molar-refractivity contribution in [3.05, 3.63) is 41.5 Å². The van der Waals surface area contributed by atoms with Crippen LogP contribution >= 0.6 is 0 Å². The number of esters is 1. The molecule has 1 heterocycles. The summed E-state index contributed by atoms with van der Waals surface area (Å²) in [4.78, 5) is 23.8. The first-order valence-electron chi connectivity index (χ1n) is 8.46. The summed E-state index contributed by atoms with van der Waals surface area (Å²) in [5.41, 5.74) is 2.39. The van der Waals surface area contributed by atoms with Gasteiger partial charge in [0, 0.05) is 12.1 Å². The molecular formula is C20H21NO6. The van der Waals surface area contributed by atoms with E-state index in [2.05, 4.69) is 5.32 Å². The van der Waals surface area contributed by atoms with Gasteiger partial charge in [-0.3, -0.25) is 9.59 Å². The zero-order valence-corrected chi connectivity index (χ0v) is 15.5. The zero-order valence-electron chi connectivity index (χ0n) is 15.5. The first-order valence-corrected chi connectivity index (χ1v) is 8.46. The van der Waals surface area contributed by atoms with Crippen molar-refractivity contribution in [1.29, 1.82) is 0 Å². The average molecular weight is 371 g/mol. The van der Waals surface area contributed by atoms with Crippen LogP contribution in [0.4, 0.5) is 5.69 Å². The first-order chi connectivity index (χ1) is 13.0. The molecule has 1 amide bonds. The van der Waals surface area contributed by atoms with E-state index in [0.717, 1.165) is 11.3 Å². The topological polar surface area (TPSA) is 83.1 Å². The number of ether oxygens (including phenoxy) is 4. The van der Waals surface area contributed by atoms with Crippen molar-refractivity contribution in [2.45, 2.75) is 19.3 Å². The second-order valence-electron chi connectivity index (χ2n) is 6.05. The smallest absolute Gasteiger partial charge is 0.315 e. The molecule has 27 heavy (non-hydrogen) atoms. The Balaban J connectivity index is 1.73. The summed E-state index contributed by atoms with van der Waals surface area (Å²) < 4.78 is 21.3. The summed E-state index contributed by atoms with van der Waals surface area (Å²) >= 11 is 0. The lowest BCUT2D eigenvalue weighted by Crippen LogP contribution is -2.19. The molecule has 142 valence electrons. The van der Waals surface area contributed by atoms with E-state index in [9.17, 15) is 9.59 Å². The molecule has 1 aliphatic heterocycles. The van der Waals surface area contributed by atoms with E-state index < -0.39 is 5.97 Å². The predicted molar refractivity (Wildman–Crippen MR) is 98.8 cm³/mol. The van der Waals surface area contributed by atoms with E-state index in [1.807, 2.05) is 0 Å². The number of methoxy groups -OCH3 is 3. The van der Waals surface area contributed by atoms with Crippen molar-refractivity contribution in [2.75, 3.05) is 26.6 Å². The molecule has 7 heteroatoms. The van der Waals surface area contributed by atoms with E-state index in [1.165, 1.54) is 21.3 Å². The number of amides is 1. The third-order valence-electron chi connectivity index (χ3n) is 4.28. The normalized spacial score (nSPS) is 12.6. The van der Waals surface area contributed by atoms with Crippen LogP contribution in [0.1, 0.15) is 17.5 Å². The van der Waals surface area contributed by atoms with E-state index >= 15 is 0 Å². The third-order valence-corrected chi connectivity index (χ3v) is 4.28. The van der Waals surface area contributed by atoms with Gasteiger partial charge in [0.1, 0.15) is 5.75 Å². The summed E-state index contributed by atoms with van der Waals surface area (Å²) in [6.07, 6.45) is 1.10. The summed E-state index contributed by atoms with van der Waals surface area (Å²) in [5, 5.41) is 2.80.